The summed E-state index contributed by atoms with van der Waals surface area (Å²) in [6.07, 6.45) is 6.49. The molecule has 5 rings (SSSR count). The maximum absolute atomic E-state index is 10.9. The number of rotatable bonds is 5. The van der Waals surface area contributed by atoms with Crippen molar-refractivity contribution in [1.29, 1.82) is 0 Å². The van der Waals surface area contributed by atoms with Crippen LogP contribution in [0, 0.1) is 17.3 Å². The SMILES string of the molecule is OCC1(CO)C[C@H]2C[C@@H]1[C@H](O)[C@H]2n1cnc2c(NC3CC3)ncnc21. The maximum Gasteiger partial charge on any atom is 0.165 e. The maximum atomic E-state index is 10.9. The number of fused-ring (bicyclic) bond motifs is 3. The Morgan fingerprint density at radius 3 is 2.68 bits per heavy atom. The van der Waals surface area contributed by atoms with Crippen molar-refractivity contribution in [2.24, 2.45) is 17.3 Å². The van der Waals surface area contributed by atoms with Crippen LogP contribution in [-0.2, 0) is 0 Å². The predicted molar refractivity (Wildman–Crippen MR) is 89.8 cm³/mol. The predicted octanol–water partition coefficient (Wildman–Crippen LogP) is 0.313. The number of nitrogens with one attached hydrogen (secondary N) is 1. The number of hydrogen-bond donors (Lipinski definition) is 4. The van der Waals surface area contributed by atoms with E-state index in [2.05, 4.69) is 20.3 Å². The average Bonchev–Trinajstić information content (AvgIpc) is 3.09. The molecular formula is C17H23N5O3. The molecule has 3 fully saturated rings. The summed E-state index contributed by atoms with van der Waals surface area (Å²) in [6.45, 7) is -0.173. The summed E-state index contributed by atoms with van der Waals surface area (Å²) in [5, 5.41) is 33.8. The molecule has 2 aromatic heterocycles. The summed E-state index contributed by atoms with van der Waals surface area (Å²) in [7, 11) is 0. The Balaban J connectivity index is 1.50. The van der Waals surface area contributed by atoms with Gasteiger partial charge in [-0.15, -0.1) is 0 Å². The lowest BCUT2D eigenvalue weighted by molar-refractivity contribution is -0.0645. The lowest BCUT2D eigenvalue weighted by Gasteiger charge is -2.40. The summed E-state index contributed by atoms with van der Waals surface area (Å²) >= 11 is 0. The van der Waals surface area contributed by atoms with Gasteiger partial charge in [0, 0.05) is 11.5 Å². The first kappa shape index (κ1) is 15.5. The van der Waals surface area contributed by atoms with Gasteiger partial charge in [0.15, 0.2) is 11.5 Å². The van der Waals surface area contributed by atoms with E-state index in [9.17, 15) is 15.3 Å². The van der Waals surface area contributed by atoms with Crippen LogP contribution in [0.1, 0.15) is 31.7 Å². The van der Waals surface area contributed by atoms with Crippen molar-refractivity contribution in [3.63, 3.8) is 0 Å². The highest BCUT2D eigenvalue weighted by Gasteiger charge is 2.60. The largest absolute Gasteiger partial charge is 0.396 e. The third-order valence-electron chi connectivity index (χ3n) is 6.49. The van der Waals surface area contributed by atoms with E-state index < -0.39 is 11.5 Å². The number of imidazole rings is 1. The highest BCUT2D eigenvalue weighted by atomic mass is 16.3. The zero-order valence-corrected chi connectivity index (χ0v) is 13.9. The quantitative estimate of drug-likeness (QED) is 0.616. The molecule has 0 amide bonds. The molecule has 4 atom stereocenters. The van der Waals surface area contributed by atoms with Crippen molar-refractivity contribution >= 4 is 17.0 Å². The minimum Gasteiger partial charge on any atom is -0.396 e. The summed E-state index contributed by atoms with van der Waals surface area (Å²) in [4.78, 5) is 13.2. The van der Waals surface area contributed by atoms with Gasteiger partial charge in [0.25, 0.3) is 0 Å². The van der Waals surface area contributed by atoms with Crippen LogP contribution in [0.4, 0.5) is 5.82 Å². The Labute approximate surface area is 144 Å². The van der Waals surface area contributed by atoms with E-state index in [0.29, 0.717) is 12.5 Å². The van der Waals surface area contributed by atoms with Gasteiger partial charge < -0.3 is 25.2 Å². The van der Waals surface area contributed by atoms with Gasteiger partial charge in [0.2, 0.25) is 0 Å². The summed E-state index contributed by atoms with van der Waals surface area (Å²) < 4.78 is 1.96. The molecule has 2 aromatic rings. The topological polar surface area (TPSA) is 116 Å². The van der Waals surface area contributed by atoms with Gasteiger partial charge in [-0.1, -0.05) is 0 Å². The second-order valence-electron chi connectivity index (χ2n) is 7.93. The lowest BCUT2D eigenvalue weighted by atomic mass is 9.71. The number of nitrogens with zero attached hydrogens (tertiary/aromatic N) is 4. The number of aliphatic hydroxyl groups excluding tert-OH is 3. The van der Waals surface area contributed by atoms with Crippen molar-refractivity contribution in [3.05, 3.63) is 12.7 Å². The van der Waals surface area contributed by atoms with E-state index in [0.717, 1.165) is 36.2 Å². The first-order valence-corrected chi connectivity index (χ1v) is 9.01. The molecule has 0 aliphatic heterocycles. The smallest absolute Gasteiger partial charge is 0.165 e. The summed E-state index contributed by atoms with van der Waals surface area (Å²) in [6, 6.07) is 0.357. The van der Waals surface area contributed by atoms with Crippen LogP contribution in [0.2, 0.25) is 0 Å². The normalized spacial score (nSPS) is 33.2. The summed E-state index contributed by atoms with van der Waals surface area (Å²) in [5.41, 5.74) is 0.901. The van der Waals surface area contributed by atoms with Gasteiger partial charge in [-0.2, -0.15) is 0 Å². The average molecular weight is 345 g/mol. The molecule has 8 heteroatoms. The fourth-order valence-corrected chi connectivity index (χ4v) is 5.01. The Kier molecular flexibility index (Phi) is 3.32. The van der Waals surface area contributed by atoms with Gasteiger partial charge in [-0.25, -0.2) is 15.0 Å². The second kappa shape index (κ2) is 5.36. The molecule has 0 spiro atoms. The number of hydrogen-bond acceptors (Lipinski definition) is 7. The molecule has 3 aliphatic rings. The van der Waals surface area contributed by atoms with Crippen molar-refractivity contribution in [1.82, 2.24) is 19.5 Å². The van der Waals surface area contributed by atoms with Gasteiger partial charge in [-0.05, 0) is 37.5 Å². The van der Waals surface area contributed by atoms with Crippen LogP contribution in [0.15, 0.2) is 12.7 Å². The highest BCUT2D eigenvalue weighted by Crippen LogP contribution is 2.60. The third kappa shape index (κ3) is 2.14. The zero-order chi connectivity index (χ0) is 17.2. The first-order chi connectivity index (χ1) is 12.2. The molecule has 25 heavy (non-hydrogen) atoms. The minimum atomic E-state index is -0.620. The molecule has 0 radical (unpaired) electrons. The van der Waals surface area contributed by atoms with Crippen molar-refractivity contribution in [3.8, 4) is 0 Å². The molecule has 2 heterocycles. The van der Waals surface area contributed by atoms with Gasteiger partial charge >= 0.3 is 0 Å². The van der Waals surface area contributed by atoms with Crippen LogP contribution in [-0.4, -0.2) is 60.2 Å². The molecule has 4 N–H and O–H groups in total. The molecule has 134 valence electrons. The lowest BCUT2D eigenvalue weighted by Crippen LogP contribution is -2.45. The molecule has 0 unspecified atom stereocenters. The van der Waals surface area contributed by atoms with Crippen molar-refractivity contribution in [2.45, 2.75) is 43.9 Å². The third-order valence-corrected chi connectivity index (χ3v) is 6.49. The van der Waals surface area contributed by atoms with E-state index >= 15 is 0 Å². The van der Waals surface area contributed by atoms with Crippen LogP contribution < -0.4 is 5.32 Å². The van der Waals surface area contributed by atoms with E-state index in [1.807, 2.05) is 4.57 Å². The molecule has 3 aliphatic carbocycles. The minimum absolute atomic E-state index is 0.0866. The van der Waals surface area contributed by atoms with E-state index in [1.54, 1.807) is 6.33 Å². The Morgan fingerprint density at radius 2 is 2.00 bits per heavy atom. The molecule has 8 nitrogen and oxygen atoms in total. The fourth-order valence-electron chi connectivity index (χ4n) is 5.01. The molecule has 2 bridgehead atoms. The van der Waals surface area contributed by atoms with Crippen molar-refractivity contribution < 1.29 is 15.3 Å². The van der Waals surface area contributed by atoms with Crippen LogP contribution in [0.5, 0.6) is 0 Å². The van der Waals surface area contributed by atoms with Gasteiger partial charge in [0.1, 0.15) is 11.8 Å². The number of aliphatic hydroxyl groups is 3. The number of aromatic nitrogens is 4. The molecule has 0 aromatic carbocycles. The molecule has 3 saturated carbocycles. The Bertz CT molecular complexity index is 799. The fraction of sp³-hybridized carbons (Fsp3) is 0.706. The molecular weight excluding hydrogens is 322 g/mol. The highest BCUT2D eigenvalue weighted by molar-refractivity contribution is 5.83. The first-order valence-electron chi connectivity index (χ1n) is 9.01. The molecule has 0 saturated heterocycles. The summed E-state index contributed by atoms with van der Waals surface area (Å²) in [5.74, 6) is 0.858. The number of anilines is 1. The Hall–Kier alpha value is -1.77. The monoisotopic (exact) mass is 345 g/mol. The van der Waals surface area contributed by atoms with Gasteiger partial charge in [-0.3, -0.25) is 0 Å². The van der Waals surface area contributed by atoms with E-state index in [-0.39, 0.29) is 31.1 Å². The van der Waals surface area contributed by atoms with E-state index in [1.165, 1.54) is 6.33 Å². The van der Waals surface area contributed by atoms with Crippen LogP contribution >= 0.6 is 0 Å². The van der Waals surface area contributed by atoms with E-state index in [4.69, 9.17) is 0 Å². The Morgan fingerprint density at radius 1 is 1.20 bits per heavy atom. The van der Waals surface area contributed by atoms with Crippen LogP contribution in [0.25, 0.3) is 11.2 Å². The van der Waals surface area contributed by atoms with Crippen LogP contribution in [0.3, 0.4) is 0 Å². The van der Waals surface area contributed by atoms with Gasteiger partial charge in [0.05, 0.1) is 31.7 Å². The zero-order valence-electron chi connectivity index (χ0n) is 13.9. The van der Waals surface area contributed by atoms with Crippen molar-refractivity contribution in [2.75, 3.05) is 18.5 Å². The second-order valence-corrected chi connectivity index (χ2v) is 7.93. The standard InChI is InChI=1S/C17H23N5O3/c23-5-17(6-24)4-9-3-11(17)14(25)13(9)22-8-20-12-15(21-10-1-2-10)18-7-19-16(12)22/h7-11,13-14,23-25H,1-6H2,(H,18,19,21)/t9-,11-,13+,14+/m1/s1.